The molecule has 0 aliphatic heterocycles. The lowest BCUT2D eigenvalue weighted by atomic mass is 10.0. The number of carbonyl (C=O) groups is 1. The first-order valence-electron chi connectivity index (χ1n) is 7.99. The number of carboxylic acids is 1. The van der Waals surface area contributed by atoms with Gasteiger partial charge in [0.2, 0.25) is 0 Å². The maximum Gasteiger partial charge on any atom is 0.303 e. The van der Waals surface area contributed by atoms with Gasteiger partial charge in [0.05, 0.1) is 0 Å². The highest BCUT2D eigenvalue weighted by atomic mass is 32.1. The third kappa shape index (κ3) is 20.3. The number of aliphatic carboxylic acids is 1. The van der Waals surface area contributed by atoms with Crippen molar-refractivity contribution in [2.75, 3.05) is 0 Å². The van der Waals surface area contributed by atoms with Gasteiger partial charge in [-0.25, -0.2) is 0 Å². The SMILES string of the molecule is CCCCCCCCCCCCCCCC(=O)O.S. The van der Waals surface area contributed by atoms with Crippen LogP contribution < -0.4 is 0 Å². The highest BCUT2D eigenvalue weighted by molar-refractivity contribution is 7.59. The largest absolute Gasteiger partial charge is 0.481 e. The normalized spacial score (nSPS) is 10.2. The minimum atomic E-state index is -0.655. The summed E-state index contributed by atoms with van der Waals surface area (Å²) in [5, 5.41) is 8.49. The fourth-order valence-electron chi connectivity index (χ4n) is 2.29. The Bertz CT molecular complexity index is 184. The van der Waals surface area contributed by atoms with Crippen molar-refractivity contribution >= 4 is 19.5 Å². The van der Waals surface area contributed by atoms with E-state index in [0.717, 1.165) is 12.8 Å². The summed E-state index contributed by atoms with van der Waals surface area (Å²) in [5.41, 5.74) is 0. The first-order chi connectivity index (χ1) is 8.77. The van der Waals surface area contributed by atoms with Crippen LogP contribution in [0.15, 0.2) is 0 Å². The van der Waals surface area contributed by atoms with E-state index in [-0.39, 0.29) is 13.5 Å². The molecule has 116 valence electrons. The zero-order valence-corrected chi connectivity index (χ0v) is 13.8. The zero-order chi connectivity index (χ0) is 13.5. The number of hydrogen-bond donors (Lipinski definition) is 1. The number of unbranched alkanes of at least 4 members (excludes halogenated alkanes) is 12. The topological polar surface area (TPSA) is 37.3 Å². The Hall–Kier alpha value is -0.180. The van der Waals surface area contributed by atoms with E-state index in [4.69, 9.17) is 5.11 Å². The molecule has 0 radical (unpaired) electrons. The molecule has 3 heteroatoms. The van der Waals surface area contributed by atoms with Crippen LogP contribution in [-0.4, -0.2) is 11.1 Å². The van der Waals surface area contributed by atoms with Crippen LogP contribution in [0.2, 0.25) is 0 Å². The fourth-order valence-corrected chi connectivity index (χ4v) is 2.29. The van der Waals surface area contributed by atoms with Gasteiger partial charge >= 0.3 is 5.97 Å². The van der Waals surface area contributed by atoms with Gasteiger partial charge in [-0.15, -0.1) is 0 Å². The Labute approximate surface area is 126 Å². The molecular weight excluding hydrogens is 256 g/mol. The summed E-state index contributed by atoms with van der Waals surface area (Å²) in [7, 11) is 0. The minimum absolute atomic E-state index is 0. The van der Waals surface area contributed by atoms with E-state index in [1.165, 1.54) is 70.6 Å². The molecule has 0 bridgehead atoms. The van der Waals surface area contributed by atoms with Crippen molar-refractivity contribution in [2.24, 2.45) is 0 Å². The predicted molar refractivity (Wildman–Crippen MR) is 88.3 cm³/mol. The Morgan fingerprint density at radius 3 is 1.32 bits per heavy atom. The van der Waals surface area contributed by atoms with Crippen molar-refractivity contribution in [2.45, 2.75) is 96.8 Å². The van der Waals surface area contributed by atoms with E-state index in [1.54, 1.807) is 0 Å². The Balaban J connectivity index is 0. The van der Waals surface area contributed by atoms with Crippen molar-refractivity contribution < 1.29 is 9.90 Å². The molecule has 0 unspecified atom stereocenters. The maximum absolute atomic E-state index is 10.3. The molecule has 19 heavy (non-hydrogen) atoms. The molecule has 0 saturated heterocycles. The summed E-state index contributed by atoms with van der Waals surface area (Å²) in [4.78, 5) is 10.3. The van der Waals surface area contributed by atoms with E-state index >= 15 is 0 Å². The lowest BCUT2D eigenvalue weighted by molar-refractivity contribution is -0.137. The van der Waals surface area contributed by atoms with Gasteiger partial charge in [-0.2, -0.15) is 13.5 Å². The molecule has 0 aromatic rings. The van der Waals surface area contributed by atoms with Gasteiger partial charge in [-0.3, -0.25) is 4.79 Å². The Morgan fingerprint density at radius 2 is 1.00 bits per heavy atom. The highest BCUT2D eigenvalue weighted by Gasteiger charge is 1.96. The number of hydrogen-bond acceptors (Lipinski definition) is 1. The van der Waals surface area contributed by atoms with Gasteiger partial charge < -0.3 is 5.11 Å². The number of carboxylic acid groups (broad SMARTS) is 1. The smallest absolute Gasteiger partial charge is 0.303 e. The monoisotopic (exact) mass is 290 g/mol. The van der Waals surface area contributed by atoms with Crippen LogP contribution in [-0.2, 0) is 4.79 Å². The van der Waals surface area contributed by atoms with Crippen LogP contribution in [0, 0.1) is 0 Å². The molecule has 1 N–H and O–H groups in total. The lowest BCUT2D eigenvalue weighted by Crippen LogP contribution is -1.93. The fraction of sp³-hybridized carbons (Fsp3) is 0.938. The molecule has 0 aromatic heterocycles. The highest BCUT2D eigenvalue weighted by Crippen LogP contribution is 2.12. The molecule has 0 aromatic carbocycles. The van der Waals surface area contributed by atoms with Crippen LogP contribution in [0.5, 0.6) is 0 Å². The summed E-state index contributed by atoms with van der Waals surface area (Å²) < 4.78 is 0. The molecule has 0 spiro atoms. The van der Waals surface area contributed by atoms with Crippen LogP contribution >= 0.6 is 13.5 Å². The molecule has 0 atom stereocenters. The Morgan fingerprint density at radius 1 is 0.684 bits per heavy atom. The van der Waals surface area contributed by atoms with Gasteiger partial charge in [0.25, 0.3) is 0 Å². The molecule has 0 fully saturated rings. The average Bonchev–Trinajstić information content (AvgIpc) is 2.34. The van der Waals surface area contributed by atoms with Gasteiger partial charge in [-0.05, 0) is 6.42 Å². The van der Waals surface area contributed by atoms with Crippen molar-refractivity contribution in [3.05, 3.63) is 0 Å². The van der Waals surface area contributed by atoms with E-state index in [1.807, 2.05) is 0 Å². The molecule has 0 saturated carbocycles. The molecule has 0 heterocycles. The third-order valence-electron chi connectivity index (χ3n) is 3.49. The van der Waals surface area contributed by atoms with Gasteiger partial charge in [0.1, 0.15) is 0 Å². The lowest BCUT2D eigenvalue weighted by Gasteiger charge is -2.02. The summed E-state index contributed by atoms with van der Waals surface area (Å²) >= 11 is 0. The average molecular weight is 291 g/mol. The zero-order valence-electron chi connectivity index (χ0n) is 12.8. The first-order valence-corrected chi connectivity index (χ1v) is 7.99. The summed E-state index contributed by atoms with van der Waals surface area (Å²) in [6, 6.07) is 0. The second kappa shape index (κ2) is 17.8. The van der Waals surface area contributed by atoms with Crippen molar-refractivity contribution in [1.82, 2.24) is 0 Å². The predicted octanol–water partition coefficient (Wildman–Crippen LogP) is 5.67. The second-order valence-electron chi connectivity index (χ2n) is 5.39. The standard InChI is InChI=1S/C16H32O2.H2S/c1-2-3-4-5-6-7-8-9-10-11-12-13-14-15-16(17)18;/h2-15H2,1H3,(H,17,18);1H2. The van der Waals surface area contributed by atoms with E-state index in [0.29, 0.717) is 6.42 Å². The van der Waals surface area contributed by atoms with Gasteiger partial charge in [0, 0.05) is 6.42 Å². The quantitative estimate of drug-likeness (QED) is 0.419. The molecule has 0 amide bonds. The maximum atomic E-state index is 10.3. The minimum Gasteiger partial charge on any atom is -0.481 e. The summed E-state index contributed by atoms with van der Waals surface area (Å²) in [6.45, 7) is 2.26. The number of rotatable bonds is 14. The summed E-state index contributed by atoms with van der Waals surface area (Å²) in [5.74, 6) is -0.655. The first kappa shape index (κ1) is 21.1. The Kier molecular flexibility index (Phi) is 19.8. The molecular formula is C16H34O2S. The van der Waals surface area contributed by atoms with Crippen LogP contribution in [0.25, 0.3) is 0 Å². The van der Waals surface area contributed by atoms with Gasteiger partial charge in [-0.1, -0.05) is 84.0 Å². The van der Waals surface area contributed by atoms with Crippen molar-refractivity contribution in [3.63, 3.8) is 0 Å². The molecule has 0 aliphatic rings. The molecule has 0 aliphatic carbocycles. The second-order valence-corrected chi connectivity index (χ2v) is 5.39. The third-order valence-corrected chi connectivity index (χ3v) is 3.49. The van der Waals surface area contributed by atoms with Crippen molar-refractivity contribution in [1.29, 1.82) is 0 Å². The van der Waals surface area contributed by atoms with E-state index in [2.05, 4.69) is 6.92 Å². The molecule has 0 rings (SSSR count). The molecule has 2 nitrogen and oxygen atoms in total. The van der Waals surface area contributed by atoms with E-state index in [9.17, 15) is 4.79 Å². The van der Waals surface area contributed by atoms with Gasteiger partial charge in [0.15, 0.2) is 0 Å². The van der Waals surface area contributed by atoms with Crippen molar-refractivity contribution in [3.8, 4) is 0 Å². The van der Waals surface area contributed by atoms with Crippen LogP contribution in [0.4, 0.5) is 0 Å². The van der Waals surface area contributed by atoms with Crippen LogP contribution in [0.1, 0.15) is 96.8 Å². The summed E-state index contributed by atoms with van der Waals surface area (Å²) in [6.07, 6.45) is 17.3. The van der Waals surface area contributed by atoms with Crippen LogP contribution in [0.3, 0.4) is 0 Å². The van der Waals surface area contributed by atoms with E-state index < -0.39 is 5.97 Å².